The summed E-state index contributed by atoms with van der Waals surface area (Å²) in [7, 11) is -3.62. The van der Waals surface area contributed by atoms with E-state index in [9.17, 15) is 13.2 Å². The number of nitrogens with one attached hydrogen (secondary N) is 2. The van der Waals surface area contributed by atoms with Crippen molar-refractivity contribution in [3.63, 3.8) is 0 Å². The maximum atomic E-state index is 12.3. The first-order valence-electron chi connectivity index (χ1n) is 8.29. The highest BCUT2D eigenvalue weighted by Crippen LogP contribution is 2.21. The molecule has 2 rings (SSSR count). The lowest BCUT2D eigenvalue weighted by Gasteiger charge is -2.20. The quantitative estimate of drug-likeness (QED) is 0.759. The Bertz CT molecular complexity index is 920. The van der Waals surface area contributed by atoms with Gasteiger partial charge >= 0.3 is 0 Å². The third-order valence-electron chi connectivity index (χ3n) is 3.39. The number of benzene rings is 2. The van der Waals surface area contributed by atoms with Gasteiger partial charge in [-0.15, -0.1) is 0 Å². The van der Waals surface area contributed by atoms with Gasteiger partial charge in [-0.05, 0) is 75.7 Å². The number of hydrogen-bond donors (Lipinski definition) is 2. The summed E-state index contributed by atoms with van der Waals surface area (Å²) < 4.78 is 32.5. The maximum absolute atomic E-state index is 12.3. The Hall–Kier alpha value is -2.09. The molecule has 1 amide bonds. The van der Waals surface area contributed by atoms with Crippen molar-refractivity contribution in [2.75, 3.05) is 11.9 Å². The Morgan fingerprint density at radius 1 is 1.11 bits per heavy atom. The van der Waals surface area contributed by atoms with Crippen LogP contribution in [0.5, 0.6) is 5.75 Å². The minimum Gasteiger partial charge on any atom is -0.484 e. The number of hydrogen-bond acceptors (Lipinski definition) is 4. The first-order valence-corrected chi connectivity index (χ1v) is 10.2. The zero-order valence-electron chi connectivity index (χ0n) is 15.7. The molecule has 0 saturated carbocycles. The predicted molar refractivity (Wildman–Crippen MR) is 107 cm³/mol. The van der Waals surface area contributed by atoms with Gasteiger partial charge in [0.1, 0.15) is 5.75 Å². The van der Waals surface area contributed by atoms with E-state index in [4.69, 9.17) is 16.3 Å². The van der Waals surface area contributed by atoms with E-state index in [1.54, 1.807) is 39.0 Å². The molecule has 2 N–H and O–H groups in total. The topological polar surface area (TPSA) is 84.5 Å². The molecule has 0 fully saturated rings. The fraction of sp³-hybridized carbons (Fsp3) is 0.316. The molecule has 0 spiro atoms. The second-order valence-corrected chi connectivity index (χ2v) is 9.22. The minimum atomic E-state index is -3.62. The fourth-order valence-corrected chi connectivity index (χ4v) is 3.77. The highest BCUT2D eigenvalue weighted by atomic mass is 35.5. The third-order valence-corrected chi connectivity index (χ3v) is 5.59. The van der Waals surface area contributed by atoms with Gasteiger partial charge in [-0.1, -0.05) is 11.6 Å². The van der Waals surface area contributed by atoms with E-state index in [-0.39, 0.29) is 17.4 Å². The molecule has 0 aliphatic rings. The van der Waals surface area contributed by atoms with Crippen molar-refractivity contribution in [2.45, 2.75) is 38.1 Å². The Morgan fingerprint density at radius 2 is 1.74 bits per heavy atom. The lowest BCUT2D eigenvalue weighted by atomic mass is 10.1. The number of amides is 1. The highest BCUT2D eigenvalue weighted by Gasteiger charge is 2.21. The number of carbonyl (C=O) groups is 1. The van der Waals surface area contributed by atoms with Crippen LogP contribution in [0.3, 0.4) is 0 Å². The largest absolute Gasteiger partial charge is 0.484 e. The van der Waals surface area contributed by atoms with Crippen LogP contribution in [0.15, 0.2) is 47.4 Å². The zero-order chi connectivity index (χ0) is 20.2. The average Bonchev–Trinajstić information content (AvgIpc) is 2.54. The molecule has 0 aromatic heterocycles. The Morgan fingerprint density at radius 3 is 2.30 bits per heavy atom. The van der Waals surface area contributed by atoms with E-state index in [2.05, 4.69) is 10.0 Å². The van der Waals surface area contributed by atoms with Gasteiger partial charge in [0, 0.05) is 16.2 Å². The van der Waals surface area contributed by atoms with E-state index in [0.717, 1.165) is 5.56 Å². The molecule has 0 unspecified atom stereocenters. The van der Waals surface area contributed by atoms with Crippen molar-refractivity contribution in [1.29, 1.82) is 0 Å². The molecular weight excluding hydrogens is 388 g/mol. The Kier molecular flexibility index (Phi) is 6.51. The summed E-state index contributed by atoms with van der Waals surface area (Å²) in [6, 6.07) is 11.1. The van der Waals surface area contributed by atoms with Crippen LogP contribution in [0.2, 0.25) is 5.02 Å². The van der Waals surface area contributed by atoms with Crippen LogP contribution >= 0.6 is 11.6 Å². The van der Waals surface area contributed by atoms with Gasteiger partial charge in [0.05, 0.1) is 4.90 Å². The second kappa shape index (κ2) is 8.29. The van der Waals surface area contributed by atoms with E-state index in [0.29, 0.717) is 16.5 Å². The third kappa shape index (κ3) is 6.53. The molecule has 0 radical (unpaired) electrons. The van der Waals surface area contributed by atoms with Crippen LogP contribution in [0.1, 0.15) is 26.3 Å². The first-order chi connectivity index (χ1) is 12.5. The molecule has 0 saturated heterocycles. The molecule has 0 bridgehead atoms. The maximum Gasteiger partial charge on any atom is 0.262 e. The SMILES string of the molecule is Cc1cc(OCC(=O)Nc2ccc(S(=O)(=O)NC(C)(C)C)cc2)ccc1Cl. The van der Waals surface area contributed by atoms with Gasteiger partial charge in [0.2, 0.25) is 10.0 Å². The van der Waals surface area contributed by atoms with Crippen molar-refractivity contribution >= 4 is 33.2 Å². The summed E-state index contributed by atoms with van der Waals surface area (Å²) in [6.07, 6.45) is 0. The van der Waals surface area contributed by atoms with Gasteiger partial charge in [0.25, 0.3) is 5.91 Å². The molecule has 146 valence electrons. The number of aryl methyl sites for hydroxylation is 1. The molecule has 6 nitrogen and oxygen atoms in total. The van der Waals surface area contributed by atoms with E-state index in [1.165, 1.54) is 24.3 Å². The smallest absolute Gasteiger partial charge is 0.262 e. The Balaban J connectivity index is 1.95. The van der Waals surface area contributed by atoms with E-state index in [1.807, 2.05) is 6.92 Å². The van der Waals surface area contributed by atoms with Gasteiger partial charge in [0.15, 0.2) is 6.61 Å². The zero-order valence-corrected chi connectivity index (χ0v) is 17.2. The summed E-state index contributed by atoms with van der Waals surface area (Å²) in [6.45, 7) is 6.97. The standard InChI is InChI=1S/C19H23ClN2O4S/c1-13-11-15(7-10-17(13)20)26-12-18(23)21-14-5-8-16(9-6-14)27(24,25)22-19(2,3)4/h5-11,22H,12H2,1-4H3,(H,21,23). The van der Waals surface area contributed by atoms with Crippen LogP contribution in [0.25, 0.3) is 0 Å². The molecule has 2 aromatic carbocycles. The number of sulfonamides is 1. The van der Waals surface area contributed by atoms with Crippen LogP contribution in [0, 0.1) is 6.92 Å². The van der Waals surface area contributed by atoms with Crippen LogP contribution < -0.4 is 14.8 Å². The van der Waals surface area contributed by atoms with Crippen molar-refractivity contribution in [3.8, 4) is 5.75 Å². The summed E-state index contributed by atoms with van der Waals surface area (Å²) in [5.74, 6) is 0.188. The molecule has 0 aliphatic heterocycles. The Labute approximate surface area is 164 Å². The lowest BCUT2D eigenvalue weighted by molar-refractivity contribution is -0.118. The monoisotopic (exact) mass is 410 g/mol. The summed E-state index contributed by atoms with van der Waals surface area (Å²) >= 11 is 5.95. The van der Waals surface area contributed by atoms with E-state index < -0.39 is 15.6 Å². The van der Waals surface area contributed by atoms with Gasteiger partial charge < -0.3 is 10.1 Å². The summed E-state index contributed by atoms with van der Waals surface area (Å²) in [4.78, 5) is 12.1. The fourth-order valence-electron chi connectivity index (χ4n) is 2.23. The molecule has 8 heteroatoms. The van der Waals surface area contributed by atoms with E-state index >= 15 is 0 Å². The van der Waals surface area contributed by atoms with Gasteiger partial charge in [-0.2, -0.15) is 0 Å². The molecule has 0 atom stereocenters. The molecular formula is C19H23ClN2O4S. The van der Waals surface area contributed by atoms with Crippen molar-refractivity contribution < 1.29 is 17.9 Å². The number of carbonyl (C=O) groups excluding carboxylic acids is 1. The first kappa shape index (κ1) is 21.2. The lowest BCUT2D eigenvalue weighted by Crippen LogP contribution is -2.40. The second-order valence-electron chi connectivity index (χ2n) is 7.13. The molecule has 27 heavy (non-hydrogen) atoms. The average molecular weight is 411 g/mol. The van der Waals surface area contributed by atoms with Crippen LogP contribution in [-0.2, 0) is 14.8 Å². The highest BCUT2D eigenvalue weighted by molar-refractivity contribution is 7.89. The predicted octanol–water partition coefficient (Wildman–Crippen LogP) is 3.74. The normalized spacial score (nSPS) is 11.9. The summed E-state index contributed by atoms with van der Waals surface area (Å²) in [5, 5.41) is 3.29. The van der Waals surface area contributed by atoms with Gasteiger partial charge in [-0.25, -0.2) is 13.1 Å². The van der Waals surface area contributed by atoms with Crippen LogP contribution in [0.4, 0.5) is 5.69 Å². The minimum absolute atomic E-state index is 0.128. The number of anilines is 1. The van der Waals surface area contributed by atoms with Crippen molar-refractivity contribution in [3.05, 3.63) is 53.1 Å². The number of halogens is 1. The molecule has 0 aliphatic carbocycles. The van der Waals surface area contributed by atoms with Crippen molar-refractivity contribution in [1.82, 2.24) is 4.72 Å². The summed E-state index contributed by atoms with van der Waals surface area (Å²) in [5.41, 5.74) is 0.754. The van der Waals surface area contributed by atoms with Gasteiger partial charge in [-0.3, -0.25) is 4.79 Å². The van der Waals surface area contributed by atoms with Crippen LogP contribution in [-0.4, -0.2) is 26.5 Å². The number of ether oxygens (including phenoxy) is 1. The molecule has 2 aromatic rings. The molecule has 0 heterocycles. The van der Waals surface area contributed by atoms with Crippen molar-refractivity contribution in [2.24, 2.45) is 0 Å². The number of rotatable bonds is 6.